The number of aromatic nitrogens is 1. The standard InChI is InChI=1S/C16H12Cl2N2S/c17-12-5-3-6-13(18)11(12)8-16-20-15(9-21-16)10-4-1-2-7-14(10)19/h1-7,9H,8,19H2. The molecule has 21 heavy (non-hydrogen) atoms. The van der Waals surface area contributed by atoms with E-state index in [0.29, 0.717) is 16.5 Å². The fourth-order valence-electron chi connectivity index (χ4n) is 2.10. The molecule has 5 heteroatoms. The van der Waals surface area contributed by atoms with Crippen LogP contribution in [0.1, 0.15) is 10.6 Å². The number of nitrogens with two attached hydrogens (primary N) is 1. The van der Waals surface area contributed by atoms with Crippen LogP contribution in [0.15, 0.2) is 47.8 Å². The first-order chi connectivity index (χ1) is 10.1. The quantitative estimate of drug-likeness (QED) is 0.661. The van der Waals surface area contributed by atoms with E-state index in [1.807, 2.05) is 47.8 Å². The van der Waals surface area contributed by atoms with Gasteiger partial charge in [0.25, 0.3) is 0 Å². The molecule has 0 aliphatic heterocycles. The molecular weight excluding hydrogens is 323 g/mol. The minimum Gasteiger partial charge on any atom is -0.398 e. The molecular formula is C16H12Cl2N2S. The van der Waals surface area contributed by atoms with Gasteiger partial charge in [0.1, 0.15) is 0 Å². The van der Waals surface area contributed by atoms with Gasteiger partial charge < -0.3 is 5.73 Å². The summed E-state index contributed by atoms with van der Waals surface area (Å²) in [5, 5.41) is 4.30. The highest BCUT2D eigenvalue weighted by molar-refractivity contribution is 7.10. The largest absolute Gasteiger partial charge is 0.398 e. The second kappa shape index (κ2) is 6.06. The Bertz CT molecular complexity index is 763. The summed E-state index contributed by atoms with van der Waals surface area (Å²) in [5.41, 5.74) is 9.45. The molecule has 1 aromatic heterocycles. The summed E-state index contributed by atoms with van der Waals surface area (Å²) in [4.78, 5) is 4.64. The number of hydrogen-bond acceptors (Lipinski definition) is 3. The summed E-state index contributed by atoms with van der Waals surface area (Å²) < 4.78 is 0. The molecule has 0 aliphatic carbocycles. The monoisotopic (exact) mass is 334 g/mol. The number of hydrogen-bond donors (Lipinski definition) is 1. The van der Waals surface area contributed by atoms with Crippen molar-refractivity contribution in [3.05, 3.63) is 68.5 Å². The van der Waals surface area contributed by atoms with Gasteiger partial charge >= 0.3 is 0 Å². The predicted octanol–water partition coefficient (Wildman–Crippen LogP) is 5.29. The van der Waals surface area contributed by atoms with Crippen molar-refractivity contribution in [2.24, 2.45) is 0 Å². The molecule has 0 amide bonds. The number of para-hydroxylation sites is 1. The zero-order chi connectivity index (χ0) is 14.8. The zero-order valence-electron chi connectivity index (χ0n) is 11.0. The fourth-order valence-corrected chi connectivity index (χ4v) is 3.44. The van der Waals surface area contributed by atoms with E-state index in [0.717, 1.165) is 27.5 Å². The topological polar surface area (TPSA) is 38.9 Å². The molecule has 0 saturated heterocycles. The van der Waals surface area contributed by atoms with E-state index in [1.165, 1.54) is 0 Å². The van der Waals surface area contributed by atoms with Crippen LogP contribution in [0, 0.1) is 0 Å². The van der Waals surface area contributed by atoms with Crippen LogP contribution >= 0.6 is 34.5 Å². The van der Waals surface area contributed by atoms with Crippen molar-refractivity contribution in [1.29, 1.82) is 0 Å². The van der Waals surface area contributed by atoms with E-state index in [-0.39, 0.29) is 0 Å². The Labute approximate surface area is 137 Å². The van der Waals surface area contributed by atoms with E-state index >= 15 is 0 Å². The third kappa shape index (κ3) is 3.05. The molecule has 0 spiro atoms. The average molecular weight is 335 g/mol. The van der Waals surface area contributed by atoms with Gasteiger partial charge in [-0.05, 0) is 23.8 Å². The number of thiazole rings is 1. The predicted molar refractivity (Wildman–Crippen MR) is 91.2 cm³/mol. The SMILES string of the molecule is Nc1ccccc1-c1csc(Cc2c(Cl)cccc2Cl)n1. The summed E-state index contributed by atoms with van der Waals surface area (Å²) in [5.74, 6) is 0. The van der Waals surface area contributed by atoms with Gasteiger partial charge in [-0.2, -0.15) is 0 Å². The normalized spacial score (nSPS) is 10.8. The van der Waals surface area contributed by atoms with E-state index in [9.17, 15) is 0 Å². The molecule has 3 rings (SSSR count). The first kappa shape index (κ1) is 14.4. The summed E-state index contributed by atoms with van der Waals surface area (Å²) in [6.45, 7) is 0. The maximum Gasteiger partial charge on any atom is 0.0977 e. The third-order valence-corrected chi connectivity index (χ3v) is 4.74. The first-order valence-corrected chi connectivity index (χ1v) is 8.01. The smallest absolute Gasteiger partial charge is 0.0977 e. The van der Waals surface area contributed by atoms with Gasteiger partial charge in [-0.1, -0.05) is 47.5 Å². The lowest BCUT2D eigenvalue weighted by atomic mass is 10.1. The van der Waals surface area contributed by atoms with Crippen molar-refractivity contribution < 1.29 is 0 Å². The molecule has 2 aromatic carbocycles. The van der Waals surface area contributed by atoms with Gasteiger partial charge in [0, 0.05) is 33.1 Å². The lowest BCUT2D eigenvalue weighted by molar-refractivity contribution is 1.14. The van der Waals surface area contributed by atoms with Crippen LogP contribution in [0.2, 0.25) is 10.0 Å². The van der Waals surface area contributed by atoms with Crippen LogP contribution in [0.25, 0.3) is 11.3 Å². The Kier molecular flexibility index (Phi) is 4.15. The lowest BCUT2D eigenvalue weighted by Gasteiger charge is -2.04. The van der Waals surface area contributed by atoms with Crippen molar-refractivity contribution in [3.63, 3.8) is 0 Å². The van der Waals surface area contributed by atoms with Crippen LogP contribution in [-0.2, 0) is 6.42 Å². The minimum atomic E-state index is 0.621. The first-order valence-electron chi connectivity index (χ1n) is 6.37. The van der Waals surface area contributed by atoms with Crippen molar-refractivity contribution in [2.45, 2.75) is 6.42 Å². The maximum atomic E-state index is 6.20. The number of nitrogens with zero attached hydrogens (tertiary/aromatic N) is 1. The molecule has 0 saturated carbocycles. The van der Waals surface area contributed by atoms with E-state index in [1.54, 1.807) is 11.3 Å². The number of anilines is 1. The molecule has 0 atom stereocenters. The highest BCUT2D eigenvalue weighted by Crippen LogP contribution is 2.31. The number of benzene rings is 2. The molecule has 0 bridgehead atoms. The van der Waals surface area contributed by atoms with Crippen LogP contribution in [0.4, 0.5) is 5.69 Å². The van der Waals surface area contributed by atoms with Crippen LogP contribution < -0.4 is 5.73 Å². The summed E-state index contributed by atoms with van der Waals surface area (Å²) >= 11 is 14.0. The molecule has 0 fully saturated rings. The molecule has 2 N–H and O–H groups in total. The molecule has 3 aromatic rings. The number of nitrogen functional groups attached to an aromatic ring is 1. The van der Waals surface area contributed by atoms with Crippen LogP contribution in [-0.4, -0.2) is 4.98 Å². The Balaban J connectivity index is 1.91. The van der Waals surface area contributed by atoms with E-state index in [4.69, 9.17) is 28.9 Å². The van der Waals surface area contributed by atoms with Gasteiger partial charge in [0.15, 0.2) is 0 Å². The molecule has 0 unspecified atom stereocenters. The van der Waals surface area contributed by atoms with E-state index < -0.39 is 0 Å². The minimum absolute atomic E-state index is 0.621. The summed E-state index contributed by atoms with van der Waals surface area (Å²) in [6.07, 6.45) is 0.621. The van der Waals surface area contributed by atoms with Crippen LogP contribution in [0.5, 0.6) is 0 Å². The molecule has 2 nitrogen and oxygen atoms in total. The van der Waals surface area contributed by atoms with Crippen molar-refractivity contribution >= 4 is 40.2 Å². The van der Waals surface area contributed by atoms with Crippen LogP contribution in [0.3, 0.4) is 0 Å². The maximum absolute atomic E-state index is 6.20. The Morgan fingerprint density at radius 2 is 1.71 bits per heavy atom. The van der Waals surface area contributed by atoms with Gasteiger partial charge in [-0.15, -0.1) is 11.3 Å². The van der Waals surface area contributed by atoms with Gasteiger partial charge in [0.05, 0.1) is 10.7 Å². The average Bonchev–Trinajstić information content (AvgIpc) is 2.92. The van der Waals surface area contributed by atoms with Crippen molar-refractivity contribution in [1.82, 2.24) is 4.98 Å². The molecule has 106 valence electrons. The van der Waals surface area contributed by atoms with Crippen molar-refractivity contribution in [3.8, 4) is 11.3 Å². The highest BCUT2D eigenvalue weighted by atomic mass is 35.5. The third-order valence-electron chi connectivity index (χ3n) is 3.18. The lowest BCUT2D eigenvalue weighted by Crippen LogP contribution is -1.92. The Morgan fingerprint density at radius 1 is 1.00 bits per heavy atom. The molecule has 1 heterocycles. The Morgan fingerprint density at radius 3 is 2.43 bits per heavy atom. The number of rotatable bonds is 3. The van der Waals surface area contributed by atoms with Gasteiger partial charge in [-0.25, -0.2) is 4.98 Å². The molecule has 0 aliphatic rings. The number of halogens is 2. The van der Waals surface area contributed by atoms with Gasteiger partial charge in [-0.3, -0.25) is 0 Å². The highest BCUT2D eigenvalue weighted by Gasteiger charge is 2.11. The zero-order valence-corrected chi connectivity index (χ0v) is 13.3. The fraction of sp³-hybridized carbons (Fsp3) is 0.0625. The molecule has 0 radical (unpaired) electrons. The second-order valence-electron chi connectivity index (χ2n) is 4.59. The Hall–Kier alpha value is -1.55. The van der Waals surface area contributed by atoms with Crippen molar-refractivity contribution in [2.75, 3.05) is 5.73 Å². The summed E-state index contributed by atoms with van der Waals surface area (Å²) in [7, 11) is 0. The van der Waals surface area contributed by atoms with Gasteiger partial charge in [0.2, 0.25) is 0 Å². The summed E-state index contributed by atoms with van der Waals surface area (Å²) in [6, 6.07) is 13.2. The second-order valence-corrected chi connectivity index (χ2v) is 6.35. The van der Waals surface area contributed by atoms with E-state index in [2.05, 4.69) is 4.98 Å².